The minimum absolute atomic E-state index is 0.440. The molecular weight excluding hydrogens is 360 g/mol. The first-order chi connectivity index (χ1) is 14.6. The molecule has 30 heavy (non-hydrogen) atoms. The molecule has 0 radical (unpaired) electrons. The monoisotopic (exact) mass is 404 g/mol. The number of unbranched alkanes of at least 4 members (excludes halogenated alkanes) is 4. The van der Waals surface area contributed by atoms with Crippen molar-refractivity contribution in [3.05, 3.63) is 58.7 Å². The van der Waals surface area contributed by atoms with Crippen LogP contribution in [0.3, 0.4) is 0 Å². The van der Waals surface area contributed by atoms with Gasteiger partial charge in [-0.1, -0.05) is 102 Å². The summed E-state index contributed by atoms with van der Waals surface area (Å²) in [5, 5.41) is 0. The molecule has 0 N–H and O–H groups in total. The third-order valence-electron chi connectivity index (χ3n) is 7.59. The van der Waals surface area contributed by atoms with Crippen LogP contribution >= 0.6 is 0 Å². The highest BCUT2D eigenvalue weighted by molar-refractivity contribution is 5.66. The van der Waals surface area contributed by atoms with Gasteiger partial charge in [-0.3, -0.25) is 0 Å². The molecule has 0 saturated heterocycles. The second kappa shape index (κ2) is 11.2. The molecular formula is C30H44. The summed E-state index contributed by atoms with van der Waals surface area (Å²) >= 11 is 0. The molecule has 1 fully saturated rings. The van der Waals surface area contributed by atoms with Gasteiger partial charge in [0.25, 0.3) is 0 Å². The fourth-order valence-electron chi connectivity index (χ4n) is 5.76. The Morgan fingerprint density at radius 2 is 1.33 bits per heavy atom. The van der Waals surface area contributed by atoms with Crippen LogP contribution in [-0.2, 0) is 11.8 Å². The Hall–Kier alpha value is -1.56. The first-order valence-electron chi connectivity index (χ1n) is 12.8. The second-order valence-electron chi connectivity index (χ2n) is 9.93. The van der Waals surface area contributed by atoms with Crippen LogP contribution in [0, 0.1) is 13.8 Å². The molecule has 0 heterocycles. The SMILES string of the molecule is CCCCCc1ccc(-c2ccc(C3(CCCCC)CCCCC3)c(C)c2)cc1C. The molecule has 1 saturated carbocycles. The van der Waals surface area contributed by atoms with Crippen LogP contribution < -0.4 is 0 Å². The van der Waals surface area contributed by atoms with Gasteiger partial charge in [0.2, 0.25) is 0 Å². The number of aryl methyl sites for hydroxylation is 3. The van der Waals surface area contributed by atoms with Crippen LogP contribution in [0.2, 0.25) is 0 Å². The summed E-state index contributed by atoms with van der Waals surface area (Å²) in [5.74, 6) is 0. The van der Waals surface area contributed by atoms with Crippen LogP contribution in [0.1, 0.15) is 113 Å². The molecule has 0 heteroatoms. The molecule has 1 aliphatic carbocycles. The average molecular weight is 405 g/mol. The zero-order valence-corrected chi connectivity index (χ0v) is 20.2. The van der Waals surface area contributed by atoms with Crippen molar-refractivity contribution in [2.75, 3.05) is 0 Å². The summed E-state index contributed by atoms with van der Waals surface area (Å²) in [6.07, 6.45) is 17.7. The van der Waals surface area contributed by atoms with Crippen molar-refractivity contribution in [2.45, 2.75) is 117 Å². The standard InChI is InChI=1S/C30H44/c1-5-7-10-14-26-15-16-27(22-24(26)3)28-17-18-29(25(4)23-28)30(19-11-8-6-2)20-12-9-13-21-30/h15-18,22-23H,5-14,19-21H2,1-4H3. The van der Waals surface area contributed by atoms with Gasteiger partial charge in [-0.2, -0.15) is 0 Å². The molecule has 0 aromatic heterocycles. The predicted octanol–water partition coefficient (Wildman–Crippen LogP) is 9.49. The van der Waals surface area contributed by atoms with Gasteiger partial charge in [0.1, 0.15) is 0 Å². The van der Waals surface area contributed by atoms with E-state index in [2.05, 4.69) is 64.1 Å². The van der Waals surface area contributed by atoms with E-state index in [4.69, 9.17) is 0 Å². The van der Waals surface area contributed by atoms with Crippen molar-refractivity contribution in [1.82, 2.24) is 0 Å². The first kappa shape index (κ1) is 23.1. The van der Waals surface area contributed by atoms with E-state index in [1.807, 2.05) is 0 Å². The van der Waals surface area contributed by atoms with Crippen molar-refractivity contribution in [2.24, 2.45) is 0 Å². The predicted molar refractivity (Wildman–Crippen MR) is 133 cm³/mol. The third kappa shape index (κ3) is 5.57. The van der Waals surface area contributed by atoms with Gasteiger partial charge in [0, 0.05) is 0 Å². The lowest BCUT2D eigenvalue weighted by molar-refractivity contribution is 0.265. The number of benzene rings is 2. The van der Waals surface area contributed by atoms with E-state index in [1.54, 1.807) is 5.56 Å². The van der Waals surface area contributed by atoms with E-state index in [1.165, 1.54) is 111 Å². The fraction of sp³-hybridized carbons (Fsp3) is 0.600. The molecule has 3 rings (SSSR count). The van der Waals surface area contributed by atoms with Crippen molar-refractivity contribution in [3.63, 3.8) is 0 Å². The highest BCUT2D eigenvalue weighted by atomic mass is 14.4. The quantitative estimate of drug-likeness (QED) is 0.346. The van der Waals surface area contributed by atoms with Crippen LogP contribution in [0.5, 0.6) is 0 Å². The Kier molecular flexibility index (Phi) is 8.61. The van der Waals surface area contributed by atoms with Crippen molar-refractivity contribution < 1.29 is 0 Å². The minimum atomic E-state index is 0.440. The normalized spacial score (nSPS) is 16.0. The Morgan fingerprint density at radius 3 is 1.97 bits per heavy atom. The van der Waals surface area contributed by atoms with Gasteiger partial charge in [-0.25, -0.2) is 0 Å². The third-order valence-corrected chi connectivity index (χ3v) is 7.59. The van der Waals surface area contributed by atoms with E-state index in [-0.39, 0.29) is 0 Å². The smallest absolute Gasteiger partial charge is 0.00443 e. The molecule has 2 aromatic rings. The maximum absolute atomic E-state index is 2.49. The van der Waals surface area contributed by atoms with Crippen molar-refractivity contribution in [3.8, 4) is 11.1 Å². The van der Waals surface area contributed by atoms with Gasteiger partial charge in [0.05, 0.1) is 0 Å². The zero-order chi connectivity index (χ0) is 21.4. The van der Waals surface area contributed by atoms with Crippen LogP contribution in [0.4, 0.5) is 0 Å². The number of hydrogen-bond acceptors (Lipinski definition) is 0. The lowest BCUT2D eigenvalue weighted by Gasteiger charge is -2.39. The summed E-state index contributed by atoms with van der Waals surface area (Å²) in [4.78, 5) is 0. The van der Waals surface area contributed by atoms with Gasteiger partial charge in [-0.15, -0.1) is 0 Å². The lowest BCUT2D eigenvalue weighted by Crippen LogP contribution is -2.30. The van der Waals surface area contributed by atoms with Gasteiger partial charge >= 0.3 is 0 Å². The molecule has 0 atom stereocenters. The maximum atomic E-state index is 2.49. The number of rotatable bonds is 10. The minimum Gasteiger partial charge on any atom is -0.0654 e. The second-order valence-corrected chi connectivity index (χ2v) is 9.93. The highest BCUT2D eigenvalue weighted by Crippen LogP contribution is 2.45. The highest BCUT2D eigenvalue weighted by Gasteiger charge is 2.34. The molecule has 0 bridgehead atoms. The molecule has 0 aliphatic heterocycles. The molecule has 2 aromatic carbocycles. The summed E-state index contributed by atoms with van der Waals surface area (Å²) in [6, 6.07) is 14.5. The van der Waals surface area contributed by atoms with E-state index in [9.17, 15) is 0 Å². The fourth-order valence-corrected chi connectivity index (χ4v) is 5.76. The van der Waals surface area contributed by atoms with Crippen LogP contribution in [0.15, 0.2) is 36.4 Å². The van der Waals surface area contributed by atoms with Gasteiger partial charge in [-0.05, 0) is 84.7 Å². The summed E-state index contributed by atoms with van der Waals surface area (Å²) in [5.41, 5.74) is 9.34. The average Bonchev–Trinajstić information content (AvgIpc) is 2.75. The molecule has 0 spiro atoms. The zero-order valence-electron chi connectivity index (χ0n) is 20.2. The van der Waals surface area contributed by atoms with E-state index < -0.39 is 0 Å². The van der Waals surface area contributed by atoms with Gasteiger partial charge in [0.15, 0.2) is 0 Å². The molecule has 1 aliphatic rings. The number of hydrogen-bond donors (Lipinski definition) is 0. The van der Waals surface area contributed by atoms with Crippen molar-refractivity contribution in [1.29, 1.82) is 0 Å². The molecule has 0 amide bonds. The first-order valence-corrected chi connectivity index (χ1v) is 12.8. The summed E-state index contributed by atoms with van der Waals surface area (Å²) in [7, 11) is 0. The Morgan fingerprint density at radius 1 is 0.700 bits per heavy atom. The van der Waals surface area contributed by atoms with E-state index >= 15 is 0 Å². The van der Waals surface area contributed by atoms with Crippen LogP contribution in [0.25, 0.3) is 11.1 Å². The molecule has 0 unspecified atom stereocenters. The Labute approximate surface area is 186 Å². The Bertz CT molecular complexity index is 792. The van der Waals surface area contributed by atoms with E-state index in [0.717, 1.165) is 0 Å². The molecule has 0 nitrogen and oxygen atoms in total. The Balaban J connectivity index is 1.82. The van der Waals surface area contributed by atoms with Crippen LogP contribution in [-0.4, -0.2) is 0 Å². The topological polar surface area (TPSA) is 0 Å². The lowest BCUT2D eigenvalue weighted by atomic mass is 9.65. The summed E-state index contributed by atoms with van der Waals surface area (Å²) in [6.45, 7) is 9.26. The molecule has 164 valence electrons. The maximum Gasteiger partial charge on any atom is -0.00443 e. The van der Waals surface area contributed by atoms with Gasteiger partial charge < -0.3 is 0 Å². The van der Waals surface area contributed by atoms with E-state index in [0.29, 0.717) is 5.41 Å². The largest absolute Gasteiger partial charge is 0.0654 e. The summed E-state index contributed by atoms with van der Waals surface area (Å²) < 4.78 is 0. The van der Waals surface area contributed by atoms with Crippen molar-refractivity contribution >= 4 is 0 Å².